The molecule has 0 saturated carbocycles. The lowest BCUT2D eigenvalue weighted by Crippen LogP contribution is -2.54. The number of carbonyl (C=O) groups excluding carboxylic acids is 1. The topological polar surface area (TPSA) is 74.5 Å². The van der Waals surface area contributed by atoms with Gasteiger partial charge in [0.15, 0.2) is 0 Å². The smallest absolute Gasteiger partial charge is 0.253 e. The molecule has 1 N–H and O–H groups in total. The van der Waals surface area contributed by atoms with Crippen LogP contribution in [0.1, 0.15) is 29.0 Å². The number of benzene rings is 1. The molecule has 3 heterocycles. The fourth-order valence-corrected chi connectivity index (χ4v) is 4.18. The van der Waals surface area contributed by atoms with Crippen molar-refractivity contribution in [3.8, 4) is 0 Å². The number of halogens is 1. The first-order valence-corrected chi connectivity index (χ1v) is 10.0. The number of anilines is 1. The predicted octanol–water partition coefficient (Wildman–Crippen LogP) is 2.52. The molecule has 1 atom stereocenters. The molecule has 30 heavy (non-hydrogen) atoms. The summed E-state index contributed by atoms with van der Waals surface area (Å²) in [5, 5.41) is 11.2. The maximum absolute atomic E-state index is 13.2. The molecule has 2 aromatic heterocycles. The third-order valence-electron chi connectivity index (χ3n) is 5.82. The van der Waals surface area contributed by atoms with Gasteiger partial charge < -0.3 is 19.5 Å². The second-order valence-corrected chi connectivity index (χ2v) is 8.17. The summed E-state index contributed by atoms with van der Waals surface area (Å²) in [4.78, 5) is 25.1. The summed E-state index contributed by atoms with van der Waals surface area (Å²) in [6.45, 7) is 3.19. The van der Waals surface area contributed by atoms with Gasteiger partial charge in [0.25, 0.3) is 5.91 Å². The number of nitrogens with zero attached hydrogens (tertiary/aromatic N) is 5. The number of aliphatic hydroxyl groups is 1. The van der Waals surface area contributed by atoms with Gasteiger partial charge in [-0.15, -0.1) is 0 Å². The highest BCUT2D eigenvalue weighted by molar-refractivity contribution is 5.97. The van der Waals surface area contributed by atoms with E-state index in [1.54, 1.807) is 30.1 Å². The lowest BCUT2D eigenvalue weighted by atomic mass is 9.92. The Morgan fingerprint density at radius 2 is 2.13 bits per heavy atom. The van der Waals surface area contributed by atoms with E-state index >= 15 is 0 Å². The lowest BCUT2D eigenvalue weighted by Gasteiger charge is -2.41. The maximum atomic E-state index is 13.2. The van der Waals surface area contributed by atoms with Crippen molar-refractivity contribution in [3.63, 3.8) is 0 Å². The molecule has 1 aliphatic heterocycles. The first-order valence-electron chi connectivity index (χ1n) is 10.0. The van der Waals surface area contributed by atoms with Crippen LogP contribution in [0.3, 0.4) is 0 Å². The van der Waals surface area contributed by atoms with Crippen molar-refractivity contribution < 1.29 is 14.3 Å². The van der Waals surface area contributed by atoms with E-state index in [0.717, 1.165) is 29.8 Å². The summed E-state index contributed by atoms with van der Waals surface area (Å²) in [5.41, 5.74) is 1.23. The average Bonchev–Trinajstić information content (AvgIpc) is 3.00. The number of aromatic nitrogens is 3. The predicted molar refractivity (Wildman–Crippen MR) is 113 cm³/mol. The highest BCUT2D eigenvalue weighted by Gasteiger charge is 2.36. The van der Waals surface area contributed by atoms with Crippen molar-refractivity contribution in [3.05, 3.63) is 53.7 Å². The Labute approximate surface area is 174 Å². The summed E-state index contributed by atoms with van der Waals surface area (Å²) < 4.78 is 15.2. The van der Waals surface area contributed by atoms with Gasteiger partial charge in [0.1, 0.15) is 17.5 Å². The van der Waals surface area contributed by atoms with Crippen molar-refractivity contribution in [1.82, 2.24) is 19.4 Å². The van der Waals surface area contributed by atoms with Crippen molar-refractivity contribution in [2.45, 2.75) is 25.4 Å². The van der Waals surface area contributed by atoms with Gasteiger partial charge in [-0.3, -0.25) is 4.79 Å². The molecule has 1 saturated heterocycles. The van der Waals surface area contributed by atoms with Crippen LogP contribution in [-0.2, 0) is 7.05 Å². The largest absolute Gasteiger partial charge is 0.386 e. The van der Waals surface area contributed by atoms with Crippen LogP contribution >= 0.6 is 0 Å². The summed E-state index contributed by atoms with van der Waals surface area (Å²) in [5.74, 6) is 0.954. The number of hydrogen-bond acceptors (Lipinski definition) is 5. The Balaban J connectivity index is 1.48. The molecule has 1 unspecified atom stereocenters. The van der Waals surface area contributed by atoms with E-state index in [9.17, 15) is 14.3 Å². The monoisotopic (exact) mass is 411 g/mol. The average molecular weight is 411 g/mol. The Morgan fingerprint density at radius 3 is 2.87 bits per heavy atom. The summed E-state index contributed by atoms with van der Waals surface area (Å²) in [7, 11) is 3.64. The van der Waals surface area contributed by atoms with Gasteiger partial charge in [0.05, 0.1) is 29.4 Å². The van der Waals surface area contributed by atoms with Gasteiger partial charge >= 0.3 is 0 Å². The standard InChI is InChI=1S/C22H26FN5O2/c1-15-25-18-11-16(5-7-19(18)27(15)3)21(29)26(2)13-22(30)9-4-10-28(14-22)20-8-6-17(23)12-24-20/h5-8,11-12,30H,4,9-10,13-14H2,1-3H3. The molecule has 0 radical (unpaired) electrons. The molecule has 1 fully saturated rings. The van der Waals surface area contributed by atoms with Crippen LogP contribution in [0.15, 0.2) is 36.5 Å². The van der Waals surface area contributed by atoms with Gasteiger partial charge in [0, 0.05) is 32.7 Å². The number of piperidine rings is 1. The number of rotatable bonds is 4. The molecule has 158 valence electrons. The summed E-state index contributed by atoms with van der Waals surface area (Å²) >= 11 is 0. The number of pyridine rings is 1. The molecule has 1 aliphatic rings. The van der Waals surface area contributed by atoms with E-state index in [1.165, 1.54) is 12.3 Å². The second-order valence-electron chi connectivity index (χ2n) is 8.17. The number of likely N-dealkylation sites (N-methyl/N-ethyl adjacent to an activating group) is 1. The normalized spacial score (nSPS) is 19.3. The number of amides is 1. The van der Waals surface area contributed by atoms with Crippen molar-refractivity contribution >= 4 is 22.8 Å². The summed E-state index contributed by atoms with van der Waals surface area (Å²) in [6, 6.07) is 8.46. The minimum Gasteiger partial charge on any atom is -0.386 e. The minimum atomic E-state index is -1.07. The molecule has 0 spiro atoms. The van der Waals surface area contributed by atoms with Crippen LogP contribution in [0.25, 0.3) is 11.0 Å². The zero-order chi connectivity index (χ0) is 21.5. The van der Waals surface area contributed by atoms with Crippen LogP contribution in [0.5, 0.6) is 0 Å². The van der Waals surface area contributed by atoms with Crippen molar-refractivity contribution in [2.24, 2.45) is 7.05 Å². The lowest BCUT2D eigenvalue weighted by molar-refractivity contribution is -0.000130. The number of imidazole rings is 1. The van der Waals surface area contributed by atoms with E-state index in [2.05, 4.69) is 9.97 Å². The molecular formula is C22H26FN5O2. The first kappa shape index (κ1) is 20.3. The van der Waals surface area contributed by atoms with Crippen molar-refractivity contribution in [1.29, 1.82) is 0 Å². The van der Waals surface area contributed by atoms with E-state index in [-0.39, 0.29) is 12.5 Å². The third-order valence-corrected chi connectivity index (χ3v) is 5.82. The van der Waals surface area contributed by atoms with Crippen LogP contribution in [0.2, 0.25) is 0 Å². The van der Waals surface area contributed by atoms with Gasteiger partial charge in [-0.2, -0.15) is 0 Å². The molecule has 1 aromatic carbocycles. The van der Waals surface area contributed by atoms with E-state index in [0.29, 0.717) is 24.3 Å². The molecular weight excluding hydrogens is 385 g/mol. The van der Waals surface area contributed by atoms with Gasteiger partial charge in [-0.05, 0) is 50.1 Å². The van der Waals surface area contributed by atoms with Gasteiger partial charge in [-0.25, -0.2) is 14.4 Å². The molecule has 1 amide bonds. The van der Waals surface area contributed by atoms with E-state index in [1.807, 2.05) is 29.5 Å². The Hall–Kier alpha value is -3.00. The number of hydrogen-bond donors (Lipinski definition) is 1. The maximum Gasteiger partial charge on any atom is 0.253 e. The summed E-state index contributed by atoms with van der Waals surface area (Å²) in [6.07, 6.45) is 2.52. The van der Waals surface area contributed by atoms with E-state index < -0.39 is 11.4 Å². The quantitative estimate of drug-likeness (QED) is 0.714. The molecule has 4 rings (SSSR count). The number of carbonyl (C=O) groups is 1. The molecule has 0 aliphatic carbocycles. The fraction of sp³-hybridized carbons (Fsp3) is 0.409. The van der Waals surface area contributed by atoms with Crippen LogP contribution in [0, 0.1) is 12.7 Å². The second kappa shape index (κ2) is 7.68. The van der Waals surface area contributed by atoms with Crippen LogP contribution in [-0.4, -0.2) is 62.7 Å². The zero-order valence-electron chi connectivity index (χ0n) is 17.5. The number of fused-ring (bicyclic) bond motifs is 1. The minimum absolute atomic E-state index is 0.161. The molecule has 3 aromatic rings. The molecule has 0 bridgehead atoms. The molecule has 7 nitrogen and oxygen atoms in total. The van der Waals surface area contributed by atoms with Crippen molar-refractivity contribution in [2.75, 3.05) is 31.6 Å². The zero-order valence-corrected chi connectivity index (χ0v) is 17.5. The Morgan fingerprint density at radius 1 is 1.33 bits per heavy atom. The van der Waals surface area contributed by atoms with E-state index in [4.69, 9.17) is 0 Å². The highest BCUT2D eigenvalue weighted by Crippen LogP contribution is 2.26. The Bertz CT molecular complexity index is 1080. The fourth-order valence-electron chi connectivity index (χ4n) is 4.18. The third kappa shape index (κ3) is 3.87. The van der Waals surface area contributed by atoms with Crippen LogP contribution in [0.4, 0.5) is 10.2 Å². The SMILES string of the molecule is Cc1nc2cc(C(=O)N(C)CC3(O)CCCN(c4ccc(F)cn4)C3)ccc2n1C. The van der Waals surface area contributed by atoms with Crippen LogP contribution < -0.4 is 4.90 Å². The highest BCUT2D eigenvalue weighted by atomic mass is 19.1. The number of β-amino-alcohol motifs (C(OH)–C–C–N with tert-alkyl or cyclic N) is 1. The number of aryl methyl sites for hydroxylation is 2. The Kier molecular flexibility index (Phi) is 5.19. The van der Waals surface area contributed by atoms with Gasteiger partial charge in [-0.1, -0.05) is 0 Å². The molecule has 8 heteroatoms. The van der Waals surface area contributed by atoms with Gasteiger partial charge in [0.2, 0.25) is 0 Å². The first-order chi connectivity index (χ1) is 14.3.